The number of rotatable bonds is 2. The highest BCUT2D eigenvalue weighted by atomic mass is 19.1. The molecular formula is C15H8FN3O2. The van der Waals surface area contributed by atoms with Gasteiger partial charge in [0.05, 0.1) is 17.8 Å². The molecule has 1 aliphatic heterocycles. The number of pyridine rings is 1. The van der Waals surface area contributed by atoms with Crippen LogP contribution in [0, 0.1) is 17.1 Å². The number of anilines is 1. The van der Waals surface area contributed by atoms with Crippen LogP contribution in [0.15, 0.2) is 36.5 Å². The lowest BCUT2D eigenvalue weighted by Gasteiger charge is -2.16. The van der Waals surface area contributed by atoms with Gasteiger partial charge in [-0.1, -0.05) is 0 Å². The molecule has 0 unspecified atom stereocenters. The first-order chi connectivity index (χ1) is 10.1. The molecule has 21 heavy (non-hydrogen) atoms. The number of hydrogen-bond acceptors (Lipinski definition) is 4. The van der Waals surface area contributed by atoms with Crippen LogP contribution in [0.1, 0.15) is 21.6 Å². The lowest BCUT2D eigenvalue weighted by atomic mass is 10.1. The normalized spacial score (nSPS) is 13.2. The fourth-order valence-corrected chi connectivity index (χ4v) is 2.24. The monoisotopic (exact) mass is 281 g/mol. The van der Waals surface area contributed by atoms with Crippen molar-refractivity contribution in [3.63, 3.8) is 0 Å². The Morgan fingerprint density at radius 1 is 1.24 bits per heavy atom. The van der Waals surface area contributed by atoms with E-state index in [0.717, 1.165) is 12.1 Å². The lowest BCUT2D eigenvalue weighted by molar-refractivity contribution is -0.114. The molecule has 0 saturated heterocycles. The van der Waals surface area contributed by atoms with Gasteiger partial charge in [-0.25, -0.2) is 9.37 Å². The number of benzene rings is 1. The molecule has 0 spiro atoms. The van der Waals surface area contributed by atoms with E-state index in [-0.39, 0.29) is 23.5 Å². The van der Waals surface area contributed by atoms with Gasteiger partial charge < -0.3 is 4.90 Å². The fourth-order valence-electron chi connectivity index (χ4n) is 2.24. The molecule has 102 valence electrons. The van der Waals surface area contributed by atoms with Gasteiger partial charge in [0, 0.05) is 6.20 Å². The van der Waals surface area contributed by atoms with Gasteiger partial charge in [-0.15, -0.1) is 0 Å². The second-order valence-electron chi connectivity index (χ2n) is 4.54. The number of aromatic nitrogens is 1. The SMILES string of the molecule is N#Cc1cc(CN2C(=O)C(=O)c3ccc(F)cc32)ccn1. The molecule has 0 saturated carbocycles. The van der Waals surface area contributed by atoms with Gasteiger partial charge in [-0.2, -0.15) is 5.26 Å². The molecule has 0 radical (unpaired) electrons. The van der Waals surface area contributed by atoms with E-state index in [2.05, 4.69) is 4.98 Å². The minimum atomic E-state index is -0.703. The van der Waals surface area contributed by atoms with Crippen molar-refractivity contribution < 1.29 is 14.0 Å². The number of fused-ring (bicyclic) bond motifs is 1. The number of nitrogens with zero attached hydrogens (tertiary/aromatic N) is 3. The second kappa shape index (κ2) is 4.80. The fraction of sp³-hybridized carbons (Fsp3) is 0.0667. The van der Waals surface area contributed by atoms with Crippen LogP contribution < -0.4 is 4.90 Å². The van der Waals surface area contributed by atoms with Crippen molar-refractivity contribution in [3.8, 4) is 6.07 Å². The van der Waals surface area contributed by atoms with E-state index in [0.29, 0.717) is 5.56 Å². The highest BCUT2D eigenvalue weighted by molar-refractivity contribution is 6.52. The van der Waals surface area contributed by atoms with Crippen molar-refractivity contribution in [2.75, 3.05) is 4.90 Å². The molecule has 1 amide bonds. The molecule has 2 heterocycles. The van der Waals surface area contributed by atoms with E-state index in [1.165, 1.54) is 23.2 Å². The van der Waals surface area contributed by atoms with Crippen molar-refractivity contribution in [2.45, 2.75) is 6.54 Å². The van der Waals surface area contributed by atoms with Crippen molar-refractivity contribution in [3.05, 3.63) is 59.2 Å². The van der Waals surface area contributed by atoms with Gasteiger partial charge in [0.25, 0.3) is 11.7 Å². The molecule has 0 atom stereocenters. The maximum atomic E-state index is 13.3. The van der Waals surface area contributed by atoms with Gasteiger partial charge in [0.2, 0.25) is 0 Å². The highest BCUT2D eigenvalue weighted by Crippen LogP contribution is 2.30. The molecule has 5 nitrogen and oxygen atoms in total. The molecule has 0 fully saturated rings. The predicted molar refractivity (Wildman–Crippen MR) is 70.9 cm³/mol. The minimum absolute atomic E-state index is 0.0816. The summed E-state index contributed by atoms with van der Waals surface area (Å²) in [6, 6.07) is 8.66. The summed E-state index contributed by atoms with van der Waals surface area (Å²) in [6.45, 7) is 0.0816. The molecular weight excluding hydrogens is 273 g/mol. The van der Waals surface area contributed by atoms with Gasteiger partial charge >= 0.3 is 0 Å². The second-order valence-corrected chi connectivity index (χ2v) is 4.54. The standard InChI is InChI=1S/C15H8FN3O2/c16-10-1-2-12-13(6-10)19(15(21)14(12)20)8-9-3-4-18-11(5-9)7-17/h1-6H,8H2. The number of amides is 1. The number of ketones is 1. The van der Waals surface area contributed by atoms with E-state index in [1.54, 1.807) is 6.07 Å². The Balaban J connectivity index is 2.00. The first kappa shape index (κ1) is 12.9. The first-order valence-corrected chi connectivity index (χ1v) is 6.11. The number of halogens is 1. The zero-order valence-electron chi connectivity index (χ0n) is 10.7. The summed E-state index contributed by atoms with van der Waals surface area (Å²) < 4.78 is 13.3. The topological polar surface area (TPSA) is 74.1 Å². The maximum Gasteiger partial charge on any atom is 0.299 e. The Kier molecular flexibility index (Phi) is 2.95. The number of carbonyl (C=O) groups is 2. The predicted octanol–water partition coefficient (Wildman–Crippen LogP) is 1.82. The van der Waals surface area contributed by atoms with Gasteiger partial charge in [0.15, 0.2) is 0 Å². The third-order valence-corrected chi connectivity index (χ3v) is 3.21. The molecule has 1 aromatic heterocycles. The number of carbonyl (C=O) groups excluding carboxylic acids is 2. The Morgan fingerprint density at radius 2 is 2.05 bits per heavy atom. The Morgan fingerprint density at radius 3 is 2.81 bits per heavy atom. The molecule has 6 heteroatoms. The van der Waals surface area contributed by atoms with Crippen LogP contribution in [-0.4, -0.2) is 16.7 Å². The van der Waals surface area contributed by atoms with Crippen molar-refractivity contribution in [1.82, 2.24) is 4.98 Å². The van der Waals surface area contributed by atoms with E-state index in [4.69, 9.17) is 5.26 Å². The third kappa shape index (κ3) is 2.15. The van der Waals surface area contributed by atoms with Crippen LogP contribution in [-0.2, 0) is 11.3 Å². The number of hydrogen-bond donors (Lipinski definition) is 0. The number of Topliss-reactive ketones (excluding diaryl/α,β-unsaturated/α-hetero) is 1. The summed E-state index contributed by atoms with van der Waals surface area (Å²) in [5.74, 6) is -1.88. The quantitative estimate of drug-likeness (QED) is 0.787. The number of nitriles is 1. The smallest absolute Gasteiger partial charge is 0.299 e. The first-order valence-electron chi connectivity index (χ1n) is 6.11. The molecule has 0 aliphatic carbocycles. The summed E-state index contributed by atoms with van der Waals surface area (Å²) in [4.78, 5) is 28.9. The molecule has 0 bridgehead atoms. The average molecular weight is 281 g/mol. The third-order valence-electron chi connectivity index (χ3n) is 3.21. The van der Waals surface area contributed by atoms with Crippen molar-refractivity contribution in [2.24, 2.45) is 0 Å². The van der Waals surface area contributed by atoms with E-state index < -0.39 is 17.5 Å². The van der Waals surface area contributed by atoms with E-state index >= 15 is 0 Å². The van der Waals surface area contributed by atoms with Crippen molar-refractivity contribution >= 4 is 17.4 Å². The summed E-state index contributed by atoms with van der Waals surface area (Å²) in [7, 11) is 0. The summed E-state index contributed by atoms with van der Waals surface area (Å²) in [5, 5.41) is 8.81. The Bertz CT molecular complexity index is 811. The highest BCUT2D eigenvalue weighted by Gasteiger charge is 2.35. The van der Waals surface area contributed by atoms with Gasteiger partial charge in [-0.3, -0.25) is 9.59 Å². The average Bonchev–Trinajstić information content (AvgIpc) is 2.72. The summed E-state index contributed by atoms with van der Waals surface area (Å²) >= 11 is 0. The maximum absolute atomic E-state index is 13.3. The van der Waals surface area contributed by atoms with Gasteiger partial charge in [0.1, 0.15) is 17.6 Å². The molecule has 2 aromatic rings. The molecule has 0 N–H and O–H groups in total. The zero-order chi connectivity index (χ0) is 15.0. The van der Waals surface area contributed by atoms with Crippen LogP contribution in [0.3, 0.4) is 0 Å². The minimum Gasteiger partial charge on any atom is -0.300 e. The lowest BCUT2D eigenvalue weighted by Crippen LogP contribution is -2.29. The van der Waals surface area contributed by atoms with Crippen LogP contribution in [0.25, 0.3) is 0 Å². The summed E-state index contributed by atoms with van der Waals surface area (Å²) in [6.07, 6.45) is 1.45. The summed E-state index contributed by atoms with van der Waals surface area (Å²) in [5.41, 5.74) is 1.29. The van der Waals surface area contributed by atoms with Crippen LogP contribution in [0.2, 0.25) is 0 Å². The van der Waals surface area contributed by atoms with Crippen LogP contribution in [0.5, 0.6) is 0 Å². The zero-order valence-corrected chi connectivity index (χ0v) is 10.7. The van der Waals surface area contributed by atoms with Gasteiger partial charge in [-0.05, 0) is 35.9 Å². The van der Waals surface area contributed by atoms with E-state index in [9.17, 15) is 14.0 Å². The van der Waals surface area contributed by atoms with Crippen LogP contribution >= 0.6 is 0 Å². The Labute approximate surface area is 119 Å². The van der Waals surface area contributed by atoms with E-state index in [1.807, 2.05) is 6.07 Å². The molecule has 1 aliphatic rings. The van der Waals surface area contributed by atoms with Crippen molar-refractivity contribution in [1.29, 1.82) is 5.26 Å². The van der Waals surface area contributed by atoms with Crippen LogP contribution in [0.4, 0.5) is 10.1 Å². The molecule has 3 rings (SSSR count). The largest absolute Gasteiger partial charge is 0.300 e. The molecule has 1 aromatic carbocycles. The Hall–Kier alpha value is -3.07.